The normalized spacial score (nSPS) is 20.8. The lowest BCUT2D eigenvalue weighted by atomic mass is 9.95. The minimum Gasteiger partial charge on any atom is -0.0880 e. The molecule has 0 spiro atoms. The fourth-order valence-electron chi connectivity index (χ4n) is 1.84. The predicted molar refractivity (Wildman–Crippen MR) is 58.3 cm³/mol. The van der Waals surface area contributed by atoms with Crippen LogP contribution in [0.1, 0.15) is 39.0 Å². The number of hydrogen-bond acceptors (Lipinski definition) is 1. The largest absolute Gasteiger partial charge is 0.310 e. The van der Waals surface area contributed by atoms with Crippen LogP contribution in [0.4, 0.5) is 0 Å². The van der Waals surface area contributed by atoms with Crippen LogP contribution in [-0.2, 0) is 9.51 Å². The van der Waals surface area contributed by atoms with Crippen molar-refractivity contribution in [2.75, 3.05) is 6.54 Å². The SMILES string of the molecule is CCN(C1CCCCC1)[S+](Cl)Cl. The van der Waals surface area contributed by atoms with Crippen LogP contribution in [0.5, 0.6) is 0 Å². The second kappa shape index (κ2) is 5.58. The molecule has 4 heteroatoms. The highest BCUT2D eigenvalue weighted by atomic mass is 36.0. The minimum absolute atomic E-state index is 0.573. The summed E-state index contributed by atoms with van der Waals surface area (Å²) in [4.78, 5) is 0. The van der Waals surface area contributed by atoms with Crippen LogP contribution in [0.2, 0.25) is 0 Å². The van der Waals surface area contributed by atoms with Crippen molar-refractivity contribution in [2.45, 2.75) is 45.1 Å². The maximum atomic E-state index is 5.90. The van der Waals surface area contributed by atoms with E-state index in [0.29, 0.717) is 6.04 Å². The molecule has 1 rings (SSSR count). The molecule has 0 aromatic rings. The van der Waals surface area contributed by atoms with Gasteiger partial charge in [0.15, 0.2) is 0 Å². The first-order valence-electron chi connectivity index (χ1n) is 4.59. The third-order valence-electron chi connectivity index (χ3n) is 2.47. The number of hydrogen-bond donors (Lipinski definition) is 0. The molecule has 0 heterocycles. The second-order valence-corrected chi connectivity index (χ2v) is 6.31. The lowest BCUT2D eigenvalue weighted by Gasteiger charge is -2.26. The fraction of sp³-hybridized carbons (Fsp3) is 1.00. The highest BCUT2D eigenvalue weighted by Gasteiger charge is 2.33. The van der Waals surface area contributed by atoms with Gasteiger partial charge in [-0.25, -0.2) is 0 Å². The van der Waals surface area contributed by atoms with Crippen LogP contribution in [0.3, 0.4) is 0 Å². The van der Waals surface area contributed by atoms with E-state index < -0.39 is 9.51 Å². The molecule has 0 aromatic heterocycles. The van der Waals surface area contributed by atoms with E-state index in [2.05, 4.69) is 11.2 Å². The summed E-state index contributed by atoms with van der Waals surface area (Å²) in [6, 6.07) is 0.641. The monoisotopic (exact) mass is 228 g/mol. The van der Waals surface area contributed by atoms with Gasteiger partial charge in [0.05, 0.1) is 6.04 Å². The molecule has 12 heavy (non-hydrogen) atoms. The number of rotatable bonds is 3. The molecule has 0 atom stereocenters. The highest BCUT2D eigenvalue weighted by Crippen LogP contribution is 2.28. The molecule has 0 saturated heterocycles. The maximum Gasteiger partial charge on any atom is 0.310 e. The van der Waals surface area contributed by atoms with Crippen molar-refractivity contribution >= 4 is 30.9 Å². The first-order chi connectivity index (χ1) is 5.75. The Morgan fingerprint density at radius 2 is 1.83 bits per heavy atom. The lowest BCUT2D eigenvalue weighted by molar-refractivity contribution is 0.280. The molecule has 72 valence electrons. The smallest absolute Gasteiger partial charge is 0.0880 e. The van der Waals surface area contributed by atoms with Crippen LogP contribution < -0.4 is 0 Å². The van der Waals surface area contributed by atoms with Crippen LogP contribution in [0.25, 0.3) is 0 Å². The van der Waals surface area contributed by atoms with Crippen LogP contribution in [-0.4, -0.2) is 16.9 Å². The van der Waals surface area contributed by atoms with Crippen LogP contribution in [0.15, 0.2) is 0 Å². The van der Waals surface area contributed by atoms with E-state index in [1.165, 1.54) is 32.1 Å². The van der Waals surface area contributed by atoms with E-state index in [1.807, 2.05) is 0 Å². The molecule has 0 bridgehead atoms. The fourth-order valence-corrected chi connectivity index (χ4v) is 3.73. The van der Waals surface area contributed by atoms with Gasteiger partial charge in [0.2, 0.25) is 21.4 Å². The average Bonchev–Trinajstić information content (AvgIpc) is 2.07. The summed E-state index contributed by atoms with van der Waals surface area (Å²) in [5.41, 5.74) is 0. The van der Waals surface area contributed by atoms with Gasteiger partial charge in [-0.2, -0.15) is 0 Å². The lowest BCUT2D eigenvalue weighted by Crippen LogP contribution is -2.36. The molecule has 0 N–H and O–H groups in total. The zero-order valence-corrected chi connectivity index (χ0v) is 9.76. The Kier molecular flexibility index (Phi) is 5.10. The molecule has 1 nitrogen and oxygen atoms in total. The predicted octanol–water partition coefficient (Wildman–Crippen LogP) is 3.48. The third kappa shape index (κ3) is 2.99. The Morgan fingerprint density at radius 3 is 2.25 bits per heavy atom. The van der Waals surface area contributed by atoms with Crippen molar-refractivity contribution in [1.29, 1.82) is 0 Å². The van der Waals surface area contributed by atoms with Crippen molar-refractivity contribution in [2.24, 2.45) is 0 Å². The van der Waals surface area contributed by atoms with Gasteiger partial charge in [0.1, 0.15) is 0 Å². The molecular weight excluding hydrogens is 213 g/mol. The third-order valence-corrected chi connectivity index (χ3v) is 4.45. The Balaban J connectivity index is 2.40. The summed E-state index contributed by atoms with van der Waals surface area (Å²) >= 11 is 0. The van der Waals surface area contributed by atoms with E-state index in [-0.39, 0.29) is 0 Å². The molecule has 0 radical (unpaired) electrons. The molecule has 0 unspecified atom stereocenters. The summed E-state index contributed by atoms with van der Waals surface area (Å²) in [7, 11) is 11.2. The van der Waals surface area contributed by atoms with Crippen molar-refractivity contribution in [3.63, 3.8) is 0 Å². The summed E-state index contributed by atoms with van der Waals surface area (Å²) < 4.78 is 2.21. The van der Waals surface area contributed by atoms with Gasteiger partial charge in [0.25, 0.3) is 0 Å². The molecule has 1 aliphatic rings. The van der Waals surface area contributed by atoms with Crippen molar-refractivity contribution in [3.05, 3.63) is 0 Å². The quantitative estimate of drug-likeness (QED) is 0.669. The van der Waals surface area contributed by atoms with Gasteiger partial charge in [-0.15, -0.1) is 0 Å². The van der Waals surface area contributed by atoms with Gasteiger partial charge >= 0.3 is 9.51 Å². The van der Waals surface area contributed by atoms with Gasteiger partial charge in [-0.05, 0) is 19.8 Å². The van der Waals surface area contributed by atoms with Gasteiger partial charge in [-0.1, -0.05) is 23.6 Å². The first-order valence-corrected chi connectivity index (χ1v) is 7.42. The zero-order valence-electron chi connectivity index (χ0n) is 7.43. The molecule has 1 aliphatic carbocycles. The molecular formula is C8H16Cl2NS+. The molecule has 1 fully saturated rings. The van der Waals surface area contributed by atoms with Crippen molar-refractivity contribution in [1.82, 2.24) is 4.31 Å². The summed E-state index contributed by atoms with van der Waals surface area (Å²) in [5, 5.41) is 0. The Bertz CT molecular complexity index is 126. The highest BCUT2D eigenvalue weighted by molar-refractivity contribution is 8.34. The Morgan fingerprint density at radius 1 is 1.25 bits per heavy atom. The van der Waals surface area contributed by atoms with Gasteiger partial charge in [0, 0.05) is 6.54 Å². The van der Waals surface area contributed by atoms with Crippen molar-refractivity contribution < 1.29 is 0 Å². The molecule has 0 aliphatic heterocycles. The van der Waals surface area contributed by atoms with Crippen LogP contribution in [0, 0.1) is 0 Å². The van der Waals surface area contributed by atoms with Crippen LogP contribution >= 0.6 is 21.4 Å². The van der Waals surface area contributed by atoms with Gasteiger partial charge in [-0.3, -0.25) is 0 Å². The standard InChI is InChI=1S/C8H16Cl2NS/c1-2-11(12(9)10)8-6-4-3-5-7-8/h8H,2-7H2,1H3/q+1. The Labute approximate surface area is 86.9 Å². The maximum absolute atomic E-state index is 5.90. The van der Waals surface area contributed by atoms with E-state index >= 15 is 0 Å². The van der Waals surface area contributed by atoms with E-state index in [9.17, 15) is 0 Å². The summed E-state index contributed by atoms with van der Waals surface area (Å²) in [5.74, 6) is 0. The van der Waals surface area contributed by atoms with Gasteiger partial charge < -0.3 is 0 Å². The molecule has 1 saturated carbocycles. The molecule has 0 aromatic carbocycles. The first kappa shape index (κ1) is 11.0. The zero-order chi connectivity index (χ0) is 8.97. The Hall–Kier alpha value is 0.890. The summed E-state index contributed by atoms with van der Waals surface area (Å²) in [6.45, 7) is 3.10. The van der Waals surface area contributed by atoms with E-state index in [1.54, 1.807) is 0 Å². The van der Waals surface area contributed by atoms with Crippen molar-refractivity contribution in [3.8, 4) is 0 Å². The minimum atomic E-state index is -0.573. The summed E-state index contributed by atoms with van der Waals surface area (Å²) in [6.07, 6.45) is 6.61. The number of halogens is 2. The van der Waals surface area contributed by atoms with E-state index in [4.69, 9.17) is 21.4 Å². The topological polar surface area (TPSA) is 3.24 Å². The average molecular weight is 229 g/mol. The van der Waals surface area contributed by atoms with E-state index in [0.717, 1.165) is 6.54 Å². The number of nitrogens with zero attached hydrogens (tertiary/aromatic N) is 1. The molecule has 0 amide bonds. The second-order valence-electron chi connectivity index (χ2n) is 3.22.